The Morgan fingerprint density at radius 3 is 2.63 bits per heavy atom. The predicted molar refractivity (Wildman–Crippen MR) is 111 cm³/mol. The summed E-state index contributed by atoms with van der Waals surface area (Å²) >= 11 is 0. The fourth-order valence-corrected chi connectivity index (χ4v) is 2.99. The molecular weight excluding hydrogens is 340 g/mol. The molecule has 0 saturated carbocycles. The van der Waals surface area contributed by atoms with E-state index in [1.165, 1.54) is 5.56 Å². The molecule has 1 fully saturated rings. The Hall–Kier alpha value is -1.63. The normalized spacial score (nSPS) is 18.1. The second kappa shape index (κ2) is 12.7. The summed E-state index contributed by atoms with van der Waals surface area (Å²) in [6, 6.07) is 10.7. The second-order valence-corrected chi connectivity index (χ2v) is 7.20. The molecule has 0 spiro atoms. The van der Waals surface area contributed by atoms with Crippen LogP contribution in [-0.2, 0) is 16.1 Å². The van der Waals surface area contributed by atoms with Crippen molar-refractivity contribution in [1.82, 2.24) is 15.5 Å². The van der Waals surface area contributed by atoms with Gasteiger partial charge in [0.2, 0.25) is 0 Å². The van der Waals surface area contributed by atoms with Crippen LogP contribution in [0.25, 0.3) is 0 Å². The first kappa shape index (κ1) is 21.7. The number of morpholine rings is 1. The summed E-state index contributed by atoms with van der Waals surface area (Å²) in [5.74, 6) is 1.26. The van der Waals surface area contributed by atoms with E-state index < -0.39 is 0 Å². The van der Waals surface area contributed by atoms with E-state index >= 15 is 0 Å². The lowest BCUT2D eigenvalue weighted by Crippen LogP contribution is -2.49. The van der Waals surface area contributed by atoms with E-state index in [4.69, 9.17) is 14.5 Å². The maximum Gasteiger partial charge on any atom is 0.191 e. The Morgan fingerprint density at radius 1 is 1.19 bits per heavy atom. The van der Waals surface area contributed by atoms with Crippen molar-refractivity contribution in [3.8, 4) is 0 Å². The number of nitrogens with zero attached hydrogens (tertiary/aromatic N) is 2. The van der Waals surface area contributed by atoms with Crippen LogP contribution in [-0.4, -0.2) is 69.4 Å². The molecule has 0 radical (unpaired) electrons. The van der Waals surface area contributed by atoms with Gasteiger partial charge in [0.05, 0.1) is 26.4 Å². The summed E-state index contributed by atoms with van der Waals surface area (Å²) in [5, 5.41) is 6.80. The number of guanidine groups is 1. The molecule has 1 aliphatic heterocycles. The average Bonchev–Trinajstić information content (AvgIpc) is 2.71. The van der Waals surface area contributed by atoms with Crippen molar-refractivity contribution in [1.29, 1.82) is 0 Å². The molecule has 2 rings (SSSR count). The summed E-state index contributed by atoms with van der Waals surface area (Å²) in [6.07, 6.45) is 0. The number of benzene rings is 1. The van der Waals surface area contributed by atoms with Crippen LogP contribution in [0.5, 0.6) is 0 Å². The number of ether oxygens (including phenoxy) is 2. The molecule has 0 bridgehead atoms. The van der Waals surface area contributed by atoms with Gasteiger partial charge in [-0.15, -0.1) is 0 Å². The van der Waals surface area contributed by atoms with E-state index in [0.29, 0.717) is 25.2 Å². The zero-order valence-corrected chi connectivity index (χ0v) is 17.1. The molecule has 1 aromatic rings. The Kier molecular flexibility index (Phi) is 10.2. The summed E-state index contributed by atoms with van der Waals surface area (Å²) in [5.41, 5.74) is 1.21. The van der Waals surface area contributed by atoms with Gasteiger partial charge in [-0.2, -0.15) is 0 Å². The minimum absolute atomic E-state index is 0.376. The highest BCUT2D eigenvalue weighted by Crippen LogP contribution is 2.04. The van der Waals surface area contributed by atoms with Gasteiger partial charge in [0.15, 0.2) is 5.96 Å². The minimum atomic E-state index is 0.376. The van der Waals surface area contributed by atoms with Crippen LogP contribution in [0.4, 0.5) is 0 Å². The zero-order chi connectivity index (χ0) is 19.3. The molecule has 1 aromatic carbocycles. The molecule has 0 aliphatic carbocycles. The van der Waals surface area contributed by atoms with Gasteiger partial charge in [-0.1, -0.05) is 37.3 Å². The van der Waals surface area contributed by atoms with Crippen molar-refractivity contribution < 1.29 is 9.47 Å². The van der Waals surface area contributed by atoms with Crippen molar-refractivity contribution in [2.45, 2.75) is 33.4 Å². The van der Waals surface area contributed by atoms with Crippen LogP contribution in [0.2, 0.25) is 0 Å². The third-order valence-electron chi connectivity index (χ3n) is 4.65. The molecule has 2 N–H and O–H groups in total. The van der Waals surface area contributed by atoms with Gasteiger partial charge in [0.1, 0.15) is 0 Å². The van der Waals surface area contributed by atoms with E-state index in [2.05, 4.69) is 48.4 Å². The van der Waals surface area contributed by atoms with Crippen LogP contribution in [0.1, 0.15) is 26.3 Å². The number of rotatable bonds is 10. The van der Waals surface area contributed by atoms with Gasteiger partial charge in [-0.05, 0) is 25.3 Å². The maximum atomic E-state index is 5.82. The number of aliphatic imine (C=N–C) groups is 1. The molecule has 152 valence electrons. The highest BCUT2D eigenvalue weighted by molar-refractivity contribution is 5.79. The van der Waals surface area contributed by atoms with Crippen LogP contribution >= 0.6 is 0 Å². The van der Waals surface area contributed by atoms with Crippen molar-refractivity contribution in [3.63, 3.8) is 0 Å². The van der Waals surface area contributed by atoms with Crippen LogP contribution in [0.3, 0.4) is 0 Å². The van der Waals surface area contributed by atoms with Crippen LogP contribution in [0.15, 0.2) is 35.3 Å². The lowest BCUT2D eigenvalue weighted by atomic mass is 10.2. The standard InChI is InChI=1S/C21H36N4O2/c1-4-22-21(24-15-19(3)25-10-12-26-13-11-25)23-14-18(2)16-27-17-20-8-6-5-7-9-20/h5-9,18-19H,4,10-17H2,1-3H3,(H2,22,23,24). The maximum absolute atomic E-state index is 5.82. The lowest BCUT2D eigenvalue weighted by Gasteiger charge is -2.32. The quantitative estimate of drug-likeness (QED) is 0.484. The van der Waals surface area contributed by atoms with Crippen LogP contribution < -0.4 is 10.6 Å². The van der Waals surface area contributed by atoms with Crippen molar-refractivity contribution >= 4 is 5.96 Å². The molecule has 1 aliphatic rings. The Morgan fingerprint density at radius 2 is 1.93 bits per heavy atom. The molecular formula is C21H36N4O2. The first-order valence-electron chi connectivity index (χ1n) is 10.1. The monoisotopic (exact) mass is 376 g/mol. The molecule has 2 unspecified atom stereocenters. The van der Waals surface area contributed by atoms with Gasteiger partial charge in [-0.3, -0.25) is 9.89 Å². The van der Waals surface area contributed by atoms with E-state index in [1.54, 1.807) is 0 Å². The number of hydrogen-bond acceptors (Lipinski definition) is 4. The average molecular weight is 377 g/mol. The lowest BCUT2D eigenvalue weighted by molar-refractivity contribution is 0.0211. The van der Waals surface area contributed by atoms with E-state index in [-0.39, 0.29) is 0 Å². The fourth-order valence-electron chi connectivity index (χ4n) is 2.99. The molecule has 2 atom stereocenters. The van der Waals surface area contributed by atoms with Crippen LogP contribution in [0, 0.1) is 5.92 Å². The van der Waals surface area contributed by atoms with Gasteiger partial charge < -0.3 is 20.1 Å². The molecule has 0 aromatic heterocycles. The summed E-state index contributed by atoms with van der Waals surface area (Å²) in [6.45, 7) is 14.0. The molecule has 6 nitrogen and oxygen atoms in total. The molecule has 0 amide bonds. The Labute approximate surface area is 164 Å². The second-order valence-electron chi connectivity index (χ2n) is 7.20. The number of hydrogen-bond donors (Lipinski definition) is 2. The summed E-state index contributed by atoms with van der Waals surface area (Å²) < 4.78 is 11.3. The summed E-state index contributed by atoms with van der Waals surface area (Å²) in [7, 11) is 0. The third kappa shape index (κ3) is 8.73. The first-order chi connectivity index (χ1) is 13.2. The largest absolute Gasteiger partial charge is 0.379 e. The zero-order valence-electron chi connectivity index (χ0n) is 17.1. The fraction of sp³-hybridized carbons (Fsp3) is 0.667. The first-order valence-corrected chi connectivity index (χ1v) is 10.1. The van der Waals surface area contributed by atoms with Crippen molar-refractivity contribution in [2.75, 3.05) is 52.5 Å². The highest BCUT2D eigenvalue weighted by atomic mass is 16.5. The molecule has 27 heavy (non-hydrogen) atoms. The van der Waals surface area contributed by atoms with E-state index in [9.17, 15) is 0 Å². The third-order valence-corrected chi connectivity index (χ3v) is 4.65. The van der Waals surface area contributed by atoms with Gasteiger partial charge in [0, 0.05) is 38.8 Å². The molecule has 1 saturated heterocycles. The van der Waals surface area contributed by atoms with Gasteiger partial charge in [-0.25, -0.2) is 0 Å². The predicted octanol–water partition coefficient (Wildman–Crippen LogP) is 2.12. The van der Waals surface area contributed by atoms with E-state index in [1.807, 2.05) is 18.2 Å². The van der Waals surface area contributed by atoms with Gasteiger partial charge >= 0.3 is 0 Å². The smallest absolute Gasteiger partial charge is 0.191 e. The Bertz CT molecular complexity index is 532. The Balaban J connectivity index is 1.69. The van der Waals surface area contributed by atoms with Crippen molar-refractivity contribution in [3.05, 3.63) is 35.9 Å². The van der Waals surface area contributed by atoms with E-state index in [0.717, 1.165) is 51.9 Å². The minimum Gasteiger partial charge on any atom is -0.379 e. The molecule has 6 heteroatoms. The SMILES string of the molecule is CCNC(=NCC(C)COCc1ccccc1)NCC(C)N1CCOCC1. The highest BCUT2D eigenvalue weighted by Gasteiger charge is 2.17. The van der Waals surface area contributed by atoms with Crippen molar-refractivity contribution in [2.24, 2.45) is 10.9 Å². The number of nitrogens with one attached hydrogen (secondary N) is 2. The molecule has 1 heterocycles. The topological polar surface area (TPSA) is 58.1 Å². The summed E-state index contributed by atoms with van der Waals surface area (Å²) in [4.78, 5) is 7.19. The van der Waals surface area contributed by atoms with Gasteiger partial charge in [0.25, 0.3) is 0 Å².